The van der Waals surface area contributed by atoms with Gasteiger partial charge in [-0.25, -0.2) is 9.97 Å². The van der Waals surface area contributed by atoms with Gasteiger partial charge in [-0.1, -0.05) is 273 Å². The number of fused-ring (bicyclic) bond motifs is 34. The minimum Gasteiger partial charge on any atom is -0.456 e. The fourth-order valence-corrected chi connectivity index (χ4v) is 24.4. The van der Waals surface area contributed by atoms with Crippen molar-refractivity contribution in [2.24, 2.45) is 0 Å². The van der Waals surface area contributed by atoms with E-state index >= 15 is 0 Å². The highest BCUT2D eigenvalue weighted by atomic mass is 32.1. The van der Waals surface area contributed by atoms with Crippen molar-refractivity contribution >= 4 is 249 Å². The Balaban J connectivity index is 0.577. The summed E-state index contributed by atoms with van der Waals surface area (Å²) in [6, 6.07) is 149. The lowest BCUT2D eigenvalue weighted by molar-refractivity contribution is 0.668. The number of hydrogen-bond donors (Lipinski definition) is 0. The van der Waals surface area contributed by atoms with Crippen molar-refractivity contribution < 1.29 is 13.3 Å². The van der Waals surface area contributed by atoms with Crippen molar-refractivity contribution in [1.82, 2.24) is 48.2 Å². The third-order valence-corrected chi connectivity index (χ3v) is 30.7. The normalized spacial score (nSPS) is 12.4. The number of aromatic nitrogens is 10. The molecule has 0 unspecified atom stereocenters. The van der Waals surface area contributed by atoms with Gasteiger partial charge in [0.1, 0.15) is 33.5 Å². The molecule has 0 aliphatic rings. The number of nitrogens with zero attached hydrogens (tertiary/aromatic N) is 10. The lowest BCUT2D eigenvalue weighted by Crippen LogP contribution is -2.08. The number of para-hydroxylation sites is 4. The van der Waals surface area contributed by atoms with Crippen LogP contribution in [0.4, 0.5) is 0 Å². The largest absolute Gasteiger partial charge is 0.456 e. The van der Waals surface area contributed by atoms with E-state index in [0.717, 1.165) is 256 Å². The average molecular weight is 1800 g/mol. The Morgan fingerprint density at radius 3 is 1.06 bits per heavy atom. The summed E-state index contributed by atoms with van der Waals surface area (Å²) in [5.74, 6) is 2.99. The first-order valence-corrected chi connectivity index (χ1v) is 48.1. The van der Waals surface area contributed by atoms with Crippen LogP contribution in [0.3, 0.4) is 0 Å². The summed E-state index contributed by atoms with van der Waals surface area (Å²) in [5.41, 5.74) is 19.6. The van der Waals surface area contributed by atoms with Crippen LogP contribution in [0.5, 0.6) is 0 Å². The van der Waals surface area contributed by atoms with Gasteiger partial charge < -0.3 is 22.4 Å². The molecule has 32 rings (SSSR count). The molecule has 14 heteroatoms. The van der Waals surface area contributed by atoms with Crippen molar-refractivity contribution in [1.29, 1.82) is 0 Å². The number of hydrogen-bond acceptors (Lipinski definition) is 10. The van der Waals surface area contributed by atoms with E-state index in [-0.39, 0.29) is 0 Å². The van der Waals surface area contributed by atoms with Gasteiger partial charge in [-0.2, -0.15) is 19.9 Å². The molecule has 10 heterocycles. The molecule has 0 fully saturated rings. The van der Waals surface area contributed by atoms with Crippen LogP contribution in [0.2, 0.25) is 0 Å². The Morgan fingerprint density at radius 2 is 0.536 bits per heavy atom. The molecular formula is C126H68N10O3S. The van der Waals surface area contributed by atoms with E-state index < -0.39 is 0 Å². The van der Waals surface area contributed by atoms with Crippen LogP contribution < -0.4 is 0 Å². The number of thiophene rings is 1. The van der Waals surface area contributed by atoms with Gasteiger partial charge in [0.15, 0.2) is 23.3 Å². The highest BCUT2D eigenvalue weighted by Crippen LogP contribution is 2.51. The molecule has 0 saturated heterocycles. The highest BCUT2D eigenvalue weighted by Gasteiger charge is 2.31. The van der Waals surface area contributed by atoms with E-state index in [1.807, 2.05) is 0 Å². The van der Waals surface area contributed by atoms with E-state index in [1.165, 1.54) is 20.9 Å². The van der Waals surface area contributed by atoms with Gasteiger partial charge in [0.05, 0.1) is 55.5 Å². The van der Waals surface area contributed by atoms with E-state index in [4.69, 9.17) is 43.2 Å². The third-order valence-electron chi connectivity index (χ3n) is 29.6. The highest BCUT2D eigenvalue weighted by molar-refractivity contribution is 7.25. The number of benzene rings is 22. The molecule has 0 spiro atoms. The van der Waals surface area contributed by atoms with E-state index in [0.29, 0.717) is 40.8 Å². The molecule has 0 atom stereocenters. The van der Waals surface area contributed by atoms with Crippen molar-refractivity contribution in [3.8, 4) is 79.9 Å². The Kier molecular flexibility index (Phi) is 15.4. The zero-order valence-corrected chi connectivity index (χ0v) is 75.2. The zero-order valence-electron chi connectivity index (χ0n) is 74.4. The molecule has 0 saturated carbocycles. The molecule has 0 bridgehead atoms. The van der Waals surface area contributed by atoms with Gasteiger partial charge in [-0.3, -0.25) is 9.13 Å². The third kappa shape index (κ3) is 10.9. The Morgan fingerprint density at radius 1 is 0.171 bits per heavy atom. The Hall–Kier alpha value is -18.8. The van der Waals surface area contributed by atoms with E-state index in [2.05, 4.69) is 431 Å². The van der Waals surface area contributed by atoms with Crippen molar-refractivity contribution in [3.63, 3.8) is 0 Å². The number of furan rings is 3. The maximum absolute atomic E-state index is 7.31. The van der Waals surface area contributed by atoms with Gasteiger partial charge in [0.25, 0.3) is 0 Å². The molecule has 0 amide bonds. The molecule has 0 N–H and O–H groups in total. The molecule has 13 nitrogen and oxygen atoms in total. The van der Waals surface area contributed by atoms with Crippen LogP contribution in [0.15, 0.2) is 426 Å². The molecule has 646 valence electrons. The summed E-state index contributed by atoms with van der Waals surface area (Å²) in [5, 5.41) is 30.7. The fraction of sp³-hybridized carbons (Fsp3) is 0. The van der Waals surface area contributed by atoms with Crippen LogP contribution >= 0.6 is 11.3 Å². The SMILES string of the molecule is c1ccc2cc3c(cc2c1)c1c2ccccc2ccc1n3-c1cc2oc3ccc4ccccc4c3c2cc1-c1nc(-c2ccc3c(c2)oc2ccc(-c4ccc5c(ccc6oc7cc(-n8c9cc%10ccccc%10cc9c9c%10ccccc%10ccc98)c(-c8nc(-c9ccc%10c(c9)sc9ccccc9%10)nc(-n9c%10ccccc%10c%10ccccc%109)n8)cc7c65)c4)cc23)nc(-n2c3ccccc3c3ccccc32)n1. The van der Waals surface area contributed by atoms with Crippen molar-refractivity contribution in [3.05, 3.63) is 413 Å². The van der Waals surface area contributed by atoms with E-state index in [9.17, 15) is 0 Å². The Bertz CT molecular complexity index is 11100. The lowest BCUT2D eigenvalue weighted by Gasteiger charge is -2.16. The summed E-state index contributed by atoms with van der Waals surface area (Å²) >= 11 is 1.78. The van der Waals surface area contributed by atoms with Crippen LogP contribution in [0.1, 0.15) is 0 Å². The zero-order chi connectivity index (χ0) is 91.0. The lowest BCUT2D eigenvalue weighted by atomic mass is 9.96. The van der Waals surface area contributed by atoms with E-state index in [1.54, 1.807) is 11.3 Å². The van der Waals surface area contributed by atoms with Gasteiger partial charge in [-0.05, 0) is 203 Å². The summed E-state index contributed by atoms with van der Waals surface area (Å²) in [7, 11) is 0. The standard InChI is InChI=1S/C126H68N10O3S/c1-3-26-74-61-105-93(59-72(74)24-1)117-81-28-8-5-21-69(81)44-52-103(117)133(105)107-67-113-97(119-83-30-10-7-23-71(83)46-55-110(119)138-113)65-95(107)123-127-121(129-125(131-123)135-99-36-16-11-31-85(99)86-32-12-17-37-100(86)135)79-42-50-89-92-58-77(47-54-109(92)137-112(89)63-79)76-41-49-84-78(57-76)48-56-111-120(84)98-66-96(108(68-114(98)139-111)134-104-53-45-70-22-6-9-29-82(70)118(104)94-60-73-25-2-4-27-75(73)62-106(94)134)124-128-122(80-43-51-91-90-35-15-20-40-115(90)140-116(91)64-80)130-126(132-124)136-101-38-18-13-33-87(101)88-34-14-19-39-102(88)136/h1-68H. The number of rotatable bonds is 9. The van der Waals surface area contributed by atoms with Gasteiger partial charge in [0, 0.05) is 130 Å². The quantitative estimate of drug-likeness (QED) is 0.138. The second-order valence-corrected chi connectivity index (χ2v) is 38.2. The van der Waals surface area contributed by atoms with Gasteiger partial charge in [-0.15, -0.1) is 11.3 Å². The van der Waals surface area contributed by atoms with Crippen molar-refractivity contribution in [2.75, 3.05) is 0 Å². The smallest absolute Gasteiger partial charge is 0.238 e. The molecule has 0 aliphatic carbocycles. The van der Waals surface area contributed by atoms with Crippen LogP contribution in [-0.2, 0) is 0 Å². The topological polar surface area (TPSA) is 136 Å². The predicted molar refractivity (Wildman–Crippen MR) is 578 cm³/mol. The summed E-state index contributed by atoms with van der Waals surface area (Å²) in [6.07, 6.45) is 0. The molecule has 22 aromatic carbocycles. The summed E-state index contributed by atoms with van der Waals surface area (Å²) in [4.78, 5) is 34.4. The summed E-state index contributed by atoms with van der Waals surface area (Å²) in [6.45, 7) is 0. The second kappa shape index (κ2) is 28.4. The molecular weight excluding hydrogens is 1730 g/mol. The Labute approximate surface area is 797 Å². The monoisotopic (exact) mass is 1800 g/mol. The molecule has 140 heavy (non-hydrogen) atoms. The molecule has 32 aromatic rings. The first-order valence-electron chi connectivity index (χ1n) is 47.2. The van der Waals surface area contributed by atoms with Crippen LogP contribution in [-0.4, -0.2) is 48.2 Å². The second-order valence-electron chi connectivity index (χ2n) is 37.1. The van der Waals surface area contributed by atoms with Crippen LogP contribution in [0, 0.1) is 0 Å². The summed E-state index contributed by atoms with van der Waals surface area (Å²) < 4.78 is 33.1. The van der Waals surface area contributed by atoms with Gasteiger partial charge in [0.2, 0.25) is 11.9 Å². The maximum Gasteiger partial charge on any atom is 0.238 e. The predicted octanol–water partition coefficient (Wildman–Crippen LogP) is 33.8. The minimum atomic E-state index is 0.468. The minimum absolute atomic E-state index is 0.468. The first kappa shape index (κ1) is 75.6. The average Bonchev–Trinajstić information content (AvgIpc) is 1.55. The molecule has 10 aromatic heterocycles. The van der Waals surface area contributed by atoms with Crippen molar-refractivity contribution in [2.45, 2.75) is 0 Å². The molecule has 0 radical (unpaired) electrons. The fourth-order valence-electron chi connectivity index (χ4n) is 23.3. The first-order chi connectivity index (χ1) is 69.3. The maximum atomic E-state index is 7.31. The molecule has 0 aliphatic heterocycles. The van der Waals surface area contributed by atoms with Crippen LogP contribution in [0.25, 0.3) is 318 Å². The van der Waals surface area contributed by atoms with Gasteiger partial charge >= 0.3 is 0 Å².